The van der Waals surface area contributed by atoms with Crippen LogP contribution in [0.4, 0.5) is 0 Å². The van der Waals surface area contributed by atoms with Crippen molar-refractivity contribution in [1.82, 2.24) is 9.78 Å². The van der Waals surface area contributed by atoms with Crippen molar-refractivity contribution in [1.29, 1.82) is 0 Å². The Bertz CT molecular complexity index is 368. The highest BCUT2D eigenvalue weighted by molar-refractivity contribution is 5.79. The van der Waals surface area contributed by atoms with Gasteiger partial charge >= 0.3 is 0 Å². The Morgan fingerprint density at radius 2 is 2.20 bits per heavy atom. The van der Waals surface area contributed by atoms with E-state index in [4.69, 9.17) is 10.9 Å². The van der Waals surface area contributed by atoms with Gasteiger partial charge in [-0.1, -0.05) is 12.1 Å². The monoisotopic (exact) mass is 210 g/mol. The van der Waals surface area contributed by atoms with Gasteiger partial charge in [-0.05, 0) is 25.8 Å². The molecule has 0 unspecified atom stereocenters. The van der Waals surface area contributed by atoms with Crippen molar-refractivity contribution in [3.8, 4) is 0 Å². The van der Waals surface area contributed by atoms with E-state index < -0.39 is 0 Å². The van der Waals surface area contributed by atoms with Crippen LogP contribution in [0.3, 0.4) is 0 Å². The van der Waals surface area contributed by atoms with Crippen molar-refractivity contribution < 1.29 is 5.21 Å². The lowest BCUT2D eigenvalue weighted by Gasteiger charge is -2.03. The van der Waals surface area contributed by atoms with Crippen molar-refractivity contribution in [3.05, 3.63) is 17.0 Å². The van der Waals surface area contributed by atoms with Gasteiger partial charge in [0.1, 0.15) is 5.84 Å². The van der Waals surface area contributed by atoms with Gasteiger partial charge in [0.2, 0.25) is 0 Å². The van der Waals surface area contributed by atoms with Crippen molar-refractivity contribution in [2.45, 2.75) is 40.2 Å². The van der Waals surface area contributed by atoms with Gasteiger partial charge < -0.3 is 10.9 Å². The lowest BCUT2D eigenvalue weighted by molar-refractivity contribution is 0.316. The van der Waals surface area contributed by atoms with E-state index in [9.17, 15) is 0 Å². The van der Waals surface area contributed by atoms with Crippen LogP contribution in [0.1, 0.15) is 30.3 Å². The predicted molar refractivity (Wildman–Crippen MR) is 59.1 cm³/mol. The molecule has 1 aromatic heterocycles. The normalized spacial score (nSPS) is 12.1. The quantitative estimate of drug-likeness (QED) is 0.339. The first kappa shape index (κ1) is 11.6. The van der Waals surface area contributed by atoms with Crippen LogP contribution in [0.5, 0.6) is 0 Å². The molecule has 5 heteroatoms. The number of amidine groups is 1. The summed E-state index contributed by atoms with van der Waals surface area (Å²) in [7, 11) is 0. The highest BCUT2D eigenvalue weighted by Crippen LogP contribution is 2.13. The number of hydrogen-bond acceptors (Lipinski definition) is 3. The molecule has 0 radical (unpaired) electrons. The second-order valence-electron chi connectivity index (χ2n) is 3.57. The highest BCUT2D eigenvalue weighted by atomic mass is 16.4. The summed E-state index contributed by atoms with van der Waals surface area (Å²) in [5, 5.41) is 15.8. The largest absolute Gasteiger partial charge is 0.409 e. The van der Waals surface area contributed by atoms with Crippen molar-refractivity contribution >= 4 is 5.84 Å². The second-order valence-corrected chi connectivity index (χ2v) is 3.57. The molecule has 0 bridgehead atoms. The number of nitrogens with two attached hydrogens (primary N) is 1. The molecule has 0 atom stereocenters. The molecule has 0 fully saturated rings. The lowest BCUT2D eigenvalue weighted by Crippen LogP contribution is -2.16. The van der Waals surface area contributed by atoms with Crippen LogP contribution in [0.2, 0.25) is 0 Å². The summed E-state index contributed by atoms with van der Waals surface area (Å²) in [5.41, 5.74) is 8.93. The maximum absolute atomic E-state index is 8.42. The maximum atomic E-state index is 8.42. The van der Waals surface area contributed by atoms with E-state index in [1.165, 1.54) is 11.3 Å². The van der Waals surface area contributed by atoms with Gasteiger partial charge in [0.15, 0.2) is 0 Å². The Labute approximate surface area is 89.6 Å². The molecular weight excluding hydrogens is 192 g/mol. The second kappa shape index (κ2) is 4.82. The Morgan fingerprint density at radius 3 is 2.67 bits per heavy atom. The van der Waals surface area contributed by atoms with Gasteiger partial charge in [-0.15, -0.1) is 0 Å². The molecule has 0 saturated carbocycles. The van der Waals surface area contributed by atoms with E-state index in [-0.39, 0.29) is 5.84 Å². The van der Waals surface area contributed by atoms with Gasteiger partial charge in [-0.3, -0.25) is 4.68 Å². The molecular formula is C10H18N4O. The molecule has 1 heterocycles. The third kappa shape index (κ3) is 2.49. The summed E-state index contributed by atoms with van der Waals surface area (Å²) in [6.45, 7) is 6.82. The number of oxime groups is 1. The minimum Gasteiger partial charge on any atom is -0.409 e. The van der Waals surface area contributed by atoms with Crippen LogP contribution in [0.25, 0.3) is 0 Å². The van der Waals surface area contributed by atoms with E-state index in [2.05, 4.69) is 17.2 Å². The average molecular weight is 210 g/mol. The van der Waals surface area contributed by atoms with E-state index in [0.29, 0.717) is 13.0 Å². The van der Waals surface area contributed by atoms with Crippen LogP contribution >= 0.6 is 0 Å². The minimum absolute atomic E-state index is 0.237. The summed E-state index contributed by atoms with van der Waals surface area (Å²) < 4.78 is 1.91. The number of aryl methyl sites for hydroxylation is 2. The van der Waals surface area contributed by atoms with E-state index >= 15 is 0 Å². The fourth-order valence-corrected chi connectivity index (χ4v) is 1.73. The molecule has 1 rings (SSSR count). The summed E-state index contributed by atoms with van der Waals surface area (Å²) in [6.07, 6.45) is 1.50. The molecule has 0 saturated heterocycles. The predicted octanol–water partition coefficient (Wildman–Crippen LogP) is 1.20. The fourth-order valence-electron chi connectivity index (χ4n) is 1.73. The first-order valence-corrected chi connectivity index (χ1v) is 5.09. The molecule has 1 aromatic rings. The molecule has 84 valence electrons. The van der Waals surface area contributed by atoms with Crippen LogP contribution in [0.15, 0.2) is 5.16 Å². The molecule has 0 amide bonds. The molecule has 5 nitrogen and oxygen atoms in total. The first-order chi connectivity index (χ1) is 7.10. The van der Waals surface area contributed by atoms with Gasteiger partial charge in [-0.2, -0.15) is 5.10 Å². The van der Waals surface area contributed by atoms with Gasteiger partial charge in [0, 0.05) is 18.7 Å². The molecule has 3 N–H and O–H groups in total. The SMILES string of the molecule is CCc1c(C)nn(CCC(N)=NO)c1C. The Morgan fingerprint density at radius 1 is 1.53 bits per heavy atom. The summed E-state index contributed by atoms with van der Waals surface area (Å²) in [6, 6.07) is 0. The maximum Gasteiger partial charge on any atom is 0.140 e. The zero-order valence-electron chi connectivity index (χ0n) is 9.49. The van der Waals surface area contributed by atoms with Crippen molar-refractivity contribution in [2.24, 2.45) is 10.9 Å². The molecule has 0 spiro atoms. The van der Waals surface area contributed by atoms with Crippen molar-refractivity contribution in [2.75, 3.05) is 0 Å². The van der Waals surface area contributed by atoms with Crippen molar-refractivity contribution in [3.63, 3.8) is 0 Å². The van der Waals surface area contributed by atoms with Gasteiger partial charge in [-0.25, -0.2) is 0 Å². The van der Waals surface area contributed by atoms with E-state index in [1.54, 1.807) is 0 Å². The zero-order chi connectivity index (χ0) is 11.4. The summed E-state index contributed by atoms with van der Waals surface area (Å²) >= 11 is 0. The van der Waals surface area contributed by atoms with E-state index in [0.717, 1.165) is 12.1 Å². The third-order valence-electron chi connectivity index (χ3n) is 2.59. The lowest BCUT2D eigenvalue weighted by atomic mass is 10.1. The van der Waals surface area contributed by atoms with Gasteiger partial charge in [0.05, 0.1) is 5.69 Å². The third-order valence-corrected chi connectivity index (χ3v) is 2.59. The Balaban J connectivity index is 2.78. The topological polar surface area (TPSA) is 76.4 Å². The Kier molecular flexibility index (Phi) is 3.71. The van der Waals surface area contributed by atoms with Crippen LogP contribution in [0, 0.1) is 13.8 Å². The van der Waals surface area contributed by atoms with E-state index in [1.807, 2.05) is 18.5 Å². The number of nitrogens with zero attached hydrogens (tertiary/aromatic N) is 3. The number of hydrogen-bond donors (Lipinski definition) is 2. The molecule has 0 aliphatic rings. The number of rotatable bonds is 4. The smallest absolute Gasteiger partial charge is 0.140 e. The summed E-state index contributed by atoms with van der Waals surface area (Å²) in [4.78, 5) is 0. The molecule has 0 aliphatic carbocycles. The zero-order valence-corrected chi connectivity index (χ0v) is 9.49. The van der Waals surface area contributed by atoms with Crippen LogP contribution < -0.4 is 5.73 Å². The average Bonchev–Trinajstić information content (AvgIpc) is 2.50. The standard InChI is InChI=1S/C10H18N4O/c1-4-9-7(2)12-14(8(9)3)6-5-10(11)13-15/h15H,4-6H2,1-3H3,(H2,11,13). The van der Waals surface area contributed by atoms with Crippen LogP contribution in [-0.4, -0.2) is 20.8 Å². The van der Waals surface area contributed by atoms with Crippen LogP contribution in [-0.2, 0) is 13.0 Å². The molecule has 0 aliphatic heterocycles. The fraction of sp³-hybridized carbons (Fsp3) is 0.600. The number of aromatic nitrogens is 2. The van der Waals surface area contributed by atoms with Gasteiger partial charge in [0.25, 0.3) is 0 Å². The molecule has 0 aromatic carbocycles. The first-order valence-electron chi connectivity index (χ1n) is 5.09. The Hall–Kier alpha value is -1.52. The minimum atomic E-state index is 0.237. The molecule has 15 heavy (non-hydrogen) atoms. The highest BCUT2D eigenvalue weighted by Gasteiger charge is 2.09. The summed E-state index contributed by atoms with van der Waals surface area (Å²) in [5.74, 6) is 0.237.